The second-order valence-electron chi connectivity index (χ2n) is 22.2. The van der Waals surface area contributed by atoms with Crippen molar-refractivity contribution in [1.82, 2.24) is 5.32 Å². The molecule has 2 N–H and O–H groups in total. The van der Waals surface area contributed by atoms with Gasteiger partial charge in [0.15, 0.2) is 0 Å². The van der Waals surface area contributed by atoms with Crippen molar-refractivity contribution >= 4 is 19.7 Å². The number of hydrogen-bond acceptors (Lipinski definition) is 6. The van der Waals surface area contributed by atoms with Crippen LogP contribution in [0.25, 0.3) is 0 Å². The third kappa shape index (κ3) is 54.6. The van der Waals surface area contributed by atoms with Crippen LogP contribution >= 0.6 is 7.82 Å². The highest BCUT2D eigenvalue weighted by atomic mass is 31.2. The van der Waals surface area contributed by atoms with Crippen molar-refractivity contribution in [1.29, 1.82) is 0 Å². The lowest BCUT2D eigenvalue weighted by molar-refractivity contribution is -0.870. The minimum Gasteiger partial charge on any atom is -0.456 e. The van der Waals surface area contributed by atoms with E-state index in [0.29, 0.717) is 17.4 Å². The predicted molar refractivity (Wildman–Crippen MR) is 314 cm³/mol. The summed E-state index contributed by atoms with van der Waals surface area (Å²) < 4.78 is 30.6. The molecule has 0 aromatic heterocycles. The molecular formula is C63H120N2O7P+. The monoisotopic (exact) mass is 1050 g/mol. The summed E-state index contributed by atoms with van der Waals surface area (Å²) in [5, 5.41) is 3.01. The summed E-state index contributed by atoms with van der Waals surface area (Å²) in [4.78, 5) is 37.6. The second-order valence-corrected chi connectivity index (χ2v) is 23.7. The van der Waals surface area contributed by atoms with Crippen LogP contribution in [0.1, 0.15) is 290 Å². The molecule has 0 saturated heterocycles. The molecule has 0 aromatic rings. The van der Waals surface area contributed by atoms with Gasteiger partial charge in [0, 0.05) is 12.8 Å². The van der Waals surface area contributed by atoms with Gasteiger partial charge < -0.3 is 19.4 Å². The van der Waals surface area contributed by atoms with Gasteiger partial charge in [-0.25, -0.2) is 4.57 Å². The average Bonchev–Trinajstić information content (AvgIpc) is 3.35. The summed E-state index contributed by atoms with van der Waals surface area (Å²) in [6.45, 7) is 6.97. The summed E-state index contributed by atoms with van der Waals surface area (Å²) in [6, 6.07) is -0.876. The van der Waals surface area contributed by atoms with Crippen molar-refractivity contribution in [3.63, 3.8) is 0 Å². The molecule has 73 heavy (non-hydrogen) atoms. The summed E-state index contributed by atoms with van der Waals surface area (Å²) in [5.41, 5.74) is 0. The fourth-order valence-corrected chi connectivity index (χ4v) is 9.66. The maximum atomic E-state index is 13.5. The summed E-state index contributed by atoms with van der Waals surface area (Å²) >= 11 is 0. The third-order valence-electron chi connectivity index (χ3n) is 13.8. The Morgan fingerprint density at radius 1 is 0.479 bits per heavy atom. The highest BCUT2D eigenvalue weighted by Gasteiger charge is 2.30. The minimum atomic E-state index is -4.46. The number of ether oxygens (including phenoxy) is 1. The van der Waals surface area contributed by atoms with E-state index >= 15 is 0 Å². The molecule has 0 radical (unpaired) electrons. The number of allylic oxidation sites excluding steroid dienone is 7. The van der Waals surface area contributed by atoms with Crippen LogP contribution in [0.5, 0.6) is 0 Å². The van der Waals surface area contributed by atoms with Crippen LogP contribution in [-0.4, -0.2) is 74.3 Å². The first-order valence-electron chi connectivity index (χ1n) is 31.0. The summed E-state index contributed by atoms with van der Waals surface area (Å²) in [5.74, 6) is -0.576. The van der Waals surface area contributed by atoms with Crippen molar-refractivity contribution in [2.24, 2.45) is 0 Å². The van der Waals surface area contributed by atoms with Gasteiger partial charge in [-0.1, -0.05) is 250 Å². The number of amides is 1. The zero-order valence-corrected chi connectivity index (χ0v) is 49.8. The number of phosphoric ester groups is 1. The normalized spacial score (nSPS) is 14.0. The molecule has 0 aliphatic carbocycles. The van der Waals surface area contributed by atoms with Crippen LogP contribution in [0.3, 0.4) is 0 Å². The van der Waals surface area contributed by atoms with E-state index in [4.69, 9.17) is 13.8 Å². The number of carbonyl (C=O) groups is 2. The van der Waals surface area contributed by atoms with Crippen molar-refractivity contribution < 1.29 is 37.3 Å². The van der Waals surface area contributed by atoms with Gasteiger partial charge in [0.25, 0.3) is 0 Å². The first-order valence-corrected chi connectivity index (χ1v) is 32.5. The highest BCUT2D eigenvalue weighted by molar-refractivity contribution is 7.47. The van der Waals surface area contributed by atoms with Crippen LogP contribution in [0.4, 0.5) is 0 Å². The SMILES string of the molecule is CCCCCCCC/C=C\C/C=C/CCC(=O)NC(COP(=O)(O)OCC[N+](C)(C)C)C(/C=C\CCCCCCCCCCC)OC(=O)CCCCCCCCCCCCCCC/C=C/CCCCCCCC. The Morgan fingerprint density at radius 2 is 0.849 bits per heavy atom. The Hall–Kier alpha value is -2.03. The highest BCUT2D eigenvalue weighted by Crippen LogP contribution is 2.43. The first-order chi connectivity index (χ1) is 35.4. The smallest absolute Gasteiger partial charge is 0.456 e. The van der Waals surface area contributed by atoms with E-state index < -0.39 is 20.0 Å². The second kappa shape index (κ2) is 53.4. The molecule has 0 aliphatic heterocycles. The Labute approximate surface area is 452 Å². The van der Waals surface area contributed by atoms with E-state index in [-0.39, 0.29) is 37.9 Å². The lowest BCUT2D eigenvalue weighted by Crippen LogP contribution is -2.47. The van der Waals surface area contributed by atoms with Crippen LogP contribution in [0.15, 0.2) is 48.6 Å². The summed E-state index contributed by atoms with van der Waals surface area (Å²) in [6.07, 6.45) is 65.7. The average molecular weight is 1050 g/mol. The van der Waals surface area contributed by atoms with Crippen LogP contribution in [0, 0.1) is 0 Å². The Morgan fingerprint density at radius 3 is 1.27 bits per heavy atom. The number of quaternary nitrogens is 1. The number of hydrogen-bond donors (Lipinski definition) is 2. The minimum absolute atomic E-state index is 0.0317. The quantitative estimate of drug-likeness (QED) is 0.0205. The first kappa shape index (κ1) is 71.0. The topological polar surface area (TPSA) is 111 Å². The van der Waals surface area contributed by atoms with Gasteiger partial charge in [0.2, 0.25) is 5.91 Å². The molecule has 0 heterocycles. The number of esters is 1. The van der Waals surface area contributed by atoms with E-state index in [9.17, 15) is 19.0 Å². The molecule has 1 amide bonds. The number of nitrogens with one attached hydrogen (secondary N) is 1. The third-order valence-corrected chi connectivity index (χ3v) is 14.7. The van der Waals surface area contributed by atoms with Gasteiger partial charge in [0.05, 0.1) is 33.8 Å². The molecule has 3 atom stereocenters. The standard InChI is InChI=1S/C63H119N2O7P/c1-7-10-13-16-19-22-25-27-28-29-30-31-32-33-34-35-36-38-41-44-47-50-53-56-63(67)72-61(54-51-48-45-42-39-24-21-18-15-12-9-3)60(59-71-73(68,69)70-58-57-65(4,5)6)64-62(66)55-52-49-46-43-40-37-26-23-20-17-14-11-8-2/h27-28,37,40,46,49,51,54,60-61H,7-26,29-36,38-39,41-45,47-48,50,52-53,55-59H2,1-6H3,(H-,64,66,68,69)/p+1/b28-27+,40-37-,49-46+,54-51-. The maximum absolute atomic E-state index is 13.5. The molecule has 0 bridgehead atoms. The van der Waals surface area contributed by atoms with Gasteiger partial charge in [-0.15, -0.1) is 0 Å². The largest absolute Gasteiger partial charge is 0.472 e. The van der Waals surface area contributed by atoms with Crippen LogP contribution in [0.2, 0.25) is 0 Å². The molecule has 0 spiro atoms. The van der Waals surface area contributed by atoms with Crippen molar-refractivity contribution in [3.8, 4) is 0 Å². The molecule has 9 nitrogen and oxygen atoms in total. The van der Waals surface area contributed by atoms with E-state index in [1.165, 1.54) is 199 Å². The number of rotatable bonds is 56. The molecular weight excluding hydrogens is 928 g/mol. The number of likely N-dealkylation sites (N-methyl/N-ethyl adjacent to an activating group) is 1. The van der Waals surface area contributed by atoms with Crippen molar-refractivity contribution in [3.05, 3.63) is 48.6 Å². The Kier molecular flexibility index (Phi) is 51.9. The lowest BCUT2D eigenvalue weighted by atomic mass is 10.0. The molecule has 0 rings (SSSR count). The van der Waals surface area contributed by atoms with E-state index in [2.05, 4.69) is 56.5 Å². The molecule has 0 saturated carbocycles. The molecule has 0 fully saturated rings. The lowest BCUT2D eigenvalue weighted by Gasteiger charge is -2.27. The zero-order valence-electron chi connectivity index (χ0n) is 48.9. The molecule has 0 aliphatic rings. The fraction of sp³-hybridized carbons (Fsp3) is 0.841. The van der Waals surface area contributed by atoms with E-state index in [1.54, 1.807) is 0 Å². The number of nitrogens with zero attached hydrogens (tertiary/aromatic N) is 1. The fourth-order valence-electron chi connectivity index (χ4n) is 8.93. The van der Waals surface area contributed by atoms with Crippen LogP contribution < -0.4 is 5.32 Å². The number of carbonyl (C=O) groups excluding carboxylic acids is 2. The zero-order chi connectivity index (χ0) is 53.6. The van der Waals surface area contributed by atoms with Gasteiger partial charge in [-0.2, -0.15) is 0 Å². The van der Waals surface area contributed by atoms with Gasteiger partial charge in [-0.3, -0.25) is 18.6 Å². The van der Waals surface area contributed by atoms with Crippen molar-refractivity contribution in [2.45, 2.75) is 303 Å². The Balaban J connectivity index is 5.15. The molecule has 10 heteroatoms. The van der Waals surface area contributed by atoms with E-state index in [0.717, 1.165) is 51.4 Å². The van der Waals surface area contributed by atoms with E-state index in [1.807, 2.05) is 39.4 Å². The molecule has 0 aromatic carbocycles. The summed E-state index contributed by atoms with van der Waals surface area (Å²) in [7, 11) is 1.47. The molecule has 3 unspecified atom stereocenters. The number of phosphoric acid groups is 1. The number of unbranched alkanes of at least 4 members (excludes halogenated alkanes) is 34. The molecule has 428 valence electrons. The predicted octanol–water partition coefficient (Wildman–Crippen LogP) is 18.9. The van der Waals surface area contributed by atoms with Gasteiger partial charge in [0.1, 0.15) is 19.3 Å². The Bertz CT molecular complexity index is 1390. The van der Waals surface area contributed by atoms with Crippen molar-refractivity contribution in [2.75, 3.05) is 40.9 Å². The van der Waals surface area contributed by atoms with Gasteiger partial charge >= 0.3 is 13.8 Å². The van der Waals surface area contributed by atoms with Crippen LogP contribution in [-0.2, 0) is 27.9 Å². The van der Waals surface area contributed by atoms with Gasteiger partial charge in [-0.05, 0) is 76.7 Å². The maximum Gasteiger partial charge on any atom is 0.472 e.